The lowest BCUT2D eigenvalue weighted by Crippen LogP contribution is -2.46. The van der Waals surface area contributed by atoms with Crippen molar-refractivity contribution < 1.29 is 0 Å². The van der Waals surface area contributed by atoms with Gasteiger partial charge in [0.2, 0.25) is 0 Å². The van der Waals surface area contributed by atoms with E-state index in [2.05, 4.69) is 60.4 Å². The highest BCUT2D eigenvalue weighted by Crippen LogP contribution is 2.21. The van der Waals surface area contributed by atoms with Crippen molar-refractivity contribution >= 4 is 17.3 Å². The number of anilines is 1. The highest BCUT2D eigenvalue weighted by Gasteiger charge is 2.20. The van der Waals surface area contributed by atoms with E-state index in [4.69, 9.17) is 16.7 Å². The van der Waals surface area contributed by atoms with Gasteiger partial charge in [-0.2, -0.15) is 5.10 Å². The van der Waals surface area contributed by atoms with Gasteiger partial charge in [-0.05, 0) is 76.9 Å². The average Bonchev–Trinajstić information content (AvgIpc) is 3.07. The molecule has 3 rings (SSSR count). The van der Waals surface area contributed by atoms with Crippen LogP contribution in [0.15, 0.2) is 30.3 Å². The summed E-state index contributed by atoms with van der Waals surface area (Å²) in [6.45, 7) is 14.5. The maximum atomic E-state index is 6.00. The van der Waals surface area contributed by atoms with Crippen LogP contribution in [0.25, 0.3) is 0 Å². The number of aryl methyl sites for hydroxylation is 2. The number of hydrogen-bond donors (Lipinski definition) is 0. The first-order valence-corrected chi connectivity index (χ1v) is 11.1. The van der Waals surface area contributed by atoms with Gasteiger partial charge in [0.1, 0.15) is 0 Å². The summed E-state index contributed by atoms with van der Waals surface area (Å²) in [7, 11) is 0. The number of benzene rings is 1. The first-order chi connectivity index (χ1) is 13.4. The Balaban J connectivity index is 1.46. The van der Waals surface area contributed by atoms with Crippen molar-refractivity contribution in [3.63, 3.8) is 0 Å². The van der Waals surface area contributed by atoms with E-state index in [1.54, 1.807) is 0 Å². The van der Waals surface area contributed by atoms with Gasteiger partial charge >= 0.3 is 0 Å². The molecule has 0 amide bonds. The van der Waals surface area contributed by atoms with E-state index in [1.807, 2.05) is 12.1 Å². The molecule has 1 fully saturated rings. The third kappa shape index (κ3) is 5.51. The van der Waals surface area contributed by atoms with Crippen LogP contribution in [0.5, 0.6) is 0 Å². The predicted molar refractivity (Wildman–Crippen MR) is 120 cm³/mol. The smallest absolute Gasteiger partial charge is 0.0628 e. The fraction of sp³-hybridized carbons (Fsp3) is 0.609. The Hall–Kier alpha value is -1.52. The van der Waals surface area contributed by atoms with E-state index >= 15 is 0 Å². The van der Waals surface area contributed by atoms with E-state index in [0.717, 1.165) is 50.6 Å². The molecule has 1 aromatic heterocycles. The molecule has 0 saturated carbocycles. The van der Waals surface area contributed by atoms with E-state index in [1.165, 1.54) is 29.9 Å². The van der Waals surface area contributed by atoms with Gasteiger partial charge in [0.05, 0.1) is 11.2 Å². The molecule has 1 aliphatic heterocycles. The molecule has 0 bridgehead atoms. The minimum Gasteiger partial charge on any atom is -0.369 e. The van der Waals surface area contributed by atoms with Crippen LogP contribution in [-0.4, -0.2) is 47.4 Å². The molecule has 2 aromatic rings. The Morgan fingerprint density at radius 3 is 2.29 bits per heavy atom. The summed E-state index contributed by atoms with van der Waals surface area (Å²) in [5.74, 6) is 0. The molecule has 1 saturated heterocycles. The number of piperazine rings is 1. The van der Waals surface area contributed by atoms with Gasteiger partial charge in [0.15, 0.2) is 0 Å². The largest absolute Gasteiger partial charge is 0.369 e. The summed E-state index contributed by atoms with van der Waals surface area (Å²) in [5, 5.41) is 5.72. The first kappa shape index (κ1) is 21.2. The molecule has 1 aromatic carbocycles. The van der Waals surface area contributed by atoms with Crippen molar-refractivity contribution in [1.29, 1.82) is 0 Å². The predicted octanol–water partition coefficient (Wildman–Crippen LogP) is 5.00. The third-order valence-corrected chi connectivity index (χ3v) is 5.70. The zero-order chi connectivity index (χ0) is 20.1. The lowest BCUT2D eigenvalue weighted by Gasteiger charge is -2.36. The van der Waals surface area contributed by atoms with Crippen molar-refractivity contribution in [2.45, 2.75) is 58.9 Å². The molecule has 0 spiro atoms. The van der Waals surface area contributed by atoms with Crippen molar-refractivity contribution in [2.24, 2.45) is 0 Å². The zero-order valence-corrected chi connectivity index (χ0v) is 18.7. The molecule has 1 aliphatic rings. The van der Waals surface area contributed by atoms with Crippen LogP contribution in [-0.2, 0) is 18.4 Å². The normalized spacial score (nSPS) is 16.0. The fourth-order valence-corrected chi connectivity index (χ4v) is 4.10. The molecule has 154 valence electrons. The first-order valence-electron chi connectivity index (χ1n) is 10.7. The molecule has 0 atom stereocenters. The topological polar surface area (TPSA) is 24.3 Å². The number of hydrogen-bond acceptors (Lipinski definition) is 3. The molecule has 0 unspecified atom stereocenters. The second kappa shape index (κ2) is 9.32. The number of halogens is 1. The quantitative estimate of drug-likeness (QED) is 0.651. The van der Waals surface area contributed by atoms with Crippen molar-refractivity contribution in [1.82, 2.24) is 14.7 Å². The molecule has 5 heteroatoms. The molecule has 0 aliphatic carbocycles. The SMILES string of the molecule is CCCc1cc(CCCN2CCN(c3ccc(Cl)cc3)CC2)nn1C(C)(C)C. The van der Waals surface area contributed by atoms with Crippen LogP contribution in [0.1, 0.15) is 51.9 Å². The fourth-order valence-electron chi connectivity index (χ4n) is 3.98. The van der Waals surface area contributed by atoms with Crippen LogP contribution in [0.3, 0.4) is 0 Å². The Morgan fingerprint density at radius 2 is 1.68 bits per heavy atom. The summed E-state index contributed by atoms with van der Waals surface area (Å²) in [6.07, 6.45) is 4.51. The van der Waals surface area contributed by atoms with Crippen molar-refractivity contribution in [3.8, 4) is 0 Å². The van der Waals surface area contributed by atoms with E-state index in [0.29, 0.717) is 0 Å². The maximum absolute atomic E-state index is 6.00. The summed E-state index contributed by atoms with van der Waals surface area (Å²) in [5.41, 5.74) is 3.96. The lowest BCUT2D eigenvalue weighted by molar-refractivity contribution is 0.254. The van der Waals surface area contributed by atoms with E-state index in [-0.39, 0.29) is 5.54 Å². The van der Waals surface area contributed by atoms with Crippen LogP contribution in [0.4, 0.5) is 5.69 Å². The molecule has 0 radical (unpaired) electrons. The molecular formula is C23H35ClN4. The Morgan fingerprint density at radius 1 is 1.00 bits per heavy atom. The van der Waals surface area contributed by atoms with E-state index < -0.39 is 0 Å². The molecule has 2 heterocycles. The standard InChI is InChI=1S/C23H35ClN4/c1-5-7-22-18-20(25-28(22)23(2,3)4)8-6-13-26-14-16-27(17-15-26)21-11-9-19(24)10-12-21/h9-12,18H,5-8,13-17H2,1-4H3. The number of aromatic nitrogens is 2. The Bertz CT molecular complexity index is 737. The monoisotopic (exact) mass is 402 g/mol. The van der Waals surface area contributed by atoms with Crippen molar-refractivity contribution in [3.05, 3.63) is 46.7 Å². The highest BCUT2D eigenvalue weighted by molar-refractivity contribution is 6.30. The molecular weight excluding hydrogens is 368 g/mol. The van der Waals surface area contributed by atoms with Crippen molar-refractivity contribution in [2.75, 3.05) is 37.6 Å². The molecule has 0 N–H and O–H groups in total. The van der Waals surface area contributed by atoms with Gasteiger partial charge in [-0.1, -0.05) is 24.9 Å². The van der Waals surface area contributed by atoms with Crippen LogP contribution >= 0.6 is 11.6 Å². The summed E-state index contributed by atoms with van der Waals surface area (Å²) in [6, 6.07) is 10.5. The molecule has 28 heavy (non-hydrogen) atoms. The number of rotatable bonds is 7. The van der Waals surface area contributed by atoms with Gasteiger partial charge in [0.25, 0.3) is 0 Å². The second-order valence-corrected chi connectivity index (χ2v) is 9.30. The Labute approximate surface area is 175 Å². The number of nitrogens with zero attached hydrogens (tertiary/aromatic N) is 4. The molecule has 4 nitrogen and oxygen atoms in total. The minimum atomic E-state index is 0.0563. The van der Waals surface area contributed by atoms with Gasteiger partial charge < -0.3 is 4.90 Å². The van der Waals surface area contributed by atoms with Gasteiger partial charge in [-0.3, -0.25) is 9.58 Å². The van der Waals surface area contributed by atoms with Crippen LogP contribution < -0.4 is 4.90 Å². The van der Waals surface area contributed by atoms with Gasteiger partial charge in [-0.15, -0.1) is 0 Å². The highest BCUT2D eigenvalue weighted by atomic mass is 35.5. The van der Waals surface area contributed by atoms with Crippen LogP contribution in [0.2, 0.25) is 5.02 Å². The van der Waals surface area contributed by atoms with Gasteiger partial charge in [0, 0.05) is 42.6 Å². The summed E-state index contributed by atoms with van der Waals surface area (Å²) in [4.78, 5) is 5.04. The summed E-state index contributed by atoms with van der Waals surface area (Å²) < 4.78 is 2.23. The Kier molecular flexibility index (Phi) is 7.05. The van der Waals surface area contributed by atoms with Gasteiger partial charge in [-0.25, -0.2) is 0 Å². The lowest BCUT2D eigenvalue weighted by atomic mass is 10.1. The second-order valence-electron chi connectivity index (χ2n) is 8.87. The average molecular weight is 403 g/mol. The maximum Gasteiger partial charge on any atom is 0.0628 e. The minimum absolute atomic E-state index is 0.0563. The third-order valence-electron chi connectivity index (χ3n) is 5.45. The van der Waals surface area contributed by atoms with E-state index in [9.17, 15) is 0 Å². The summed E-state index contributed by atoms with van der Waals surface area (Å²) >= 11 is 6.00. The zero-order valence-electron chi connectivity index (χ0n) is 17.9. The van der Waals surface area contributed by atoms with Crippen LogP contribution in [0, 0.1) is 0 Å².